The van der Waals surface area contributed by atoms with Crippen LogP contribution in [0.4, 0.5) is 0 Å². The van der Waals surface area contributed by atoms with Gasteiger partial charge >= 0.3 is 5.97 Å². The molecular formula is C22H16N2O4. The Kier molecular flexibility index (Phi) is 4.84. The molecule has 0 fully saturated rings. The van der Waals surface area contributed by atoms with E-state index in [1.165, 1.54) is 0 Å². The fourth-order valence-corrected chi connectivity index (χ4v) is 2.82. The van der Waals surface area contributed by atoms with Crippen LogP contribution in [0.3, 0.4) is 0 Å². The summed E-state index contributed by atoms with van der Waals surface area (Å²) in [6.07, 6.45) is 0. The highest BCUT2D eigenvalue weighted by Crippen LogP contribution is 2.26. The topological polar surface area (TPSA) is 81.3 Å². The van der Waals surface area contributed by atoms with E-state index in [0.717, 1.165) is 0 Å². The van der Waals surface area contributed by atoms with Crippen molar-refractivity contribution in [1.29, 1.82) is 0 Å². The second-order valence-corrected chi connectivity index (χ2v) is 6.05. The Balaban J connectivity index is 1.55. The average Bonchev–Trinajstić information content (AvgIpc) is 2.74. The Hall–Kier alpha value is -3.93. The number of aromatic amines is 1. The molecule has 3 aromatic carbocycles. The van der Waals surface area contributed by atoms with E-state index in [9.17, 15) is 9.59 Å². The standard InChI is InChI=1S/C22H16N2O4/c25-21-18-12-6-5-11-17(18)20(23-24-21)22(26)27-14-15-8-4-7-13-19(15)28-16-9-2-1-3-10-16/h1-13H,14H2,(H,24,25). The van der Waals surface area contributed by atoms with Crippen molar-refractivity contribution < 1.29 is 14.3 Å². The van der Waals surface area contributed by atoms with Crippen LogP contribution in [0.25, 0.3) is 10.8 Å². The summed E-state index contributed by atoms with van der Waals surface area (Å²) in [6.45, 7) is 0.0109. The highest BCUT2D eigenvalue weighted by molar-refractivity contribution is 6.01. The van der Waals surface area contributed by atoms with Crippen LogP contribution in [-0.2, 0) is 11.3 Å². The van der Waals surface area contributed by atoms with Gasteiger partial charge in [-0.2, -0.15) is 5.10 Å². The van der Waals surface area contributed by atoms with Gasteiger partial charge in [-0.25, -0.2) is 9.89 Å². The molecule has 4 aromatic rings. The number of nitrogens with zero attached hydrogens (tertiary/aromatic N) is 1. The van der Waals surface area contributed by atoms with Crippen LogP contribution in [-0.4, -0.2) is 16.2 Å². The summed E-state index contributed by atoms with van der Waals surface area (Å²) in [5, 5.41) is 7.04. The van der Waals surface area contributed by atoms with E-state index in [-0.39, 0.29) is 17.9 Å². The SMILES string of the molecule is O=C(OCc1ccccc1Oc1ccccc1)c1n[nH]c(=O)c2ccccc12. The van der Waals surface area contributed by atoms with Crippen LogP contribution in [0.1, 0.15) is 16.1 Å². The highest BCUT2D eigenvalue weighted by atomic mass is 16.5. The number of nitrogens with one attached hydrogen (secondary N) is 1. The predicted octanol–water partition coefficient (Wildman–Crippen LogP) is 4.07. The van der Waals surface area contributed by atoms with Crippen molar-refractivity contribution in [3.63, 3.8) is 0 Å². The van der Waals surface area contributed by atoms with Crippen LogP contribution in [0.15, 0.2) is 83.7 Å². The van der Waals surface area contributed by atoms with Gasteiger partial charge < -0.3 is 9.47 Å². The molecular weight excluding hydrogens is 356 g/mol. The molecule has 0 unspecified atom stereocenters. The van der Waals surface area contributed by atoms with Gasteiger partial charge in [0.1, 0.15) is 18.1 Å². The van der Waals surface area contributed by atoms with Crippen molar-refractivity contribution in [1.82, 2.24) is 10.2 Å². The first-order valence-corrected chi connectivity index (χ1v) is 8.68. The van der Waals surface area contributed by atoms with E-state index >= 15 is 0 Å². The molecule has 1 heterocycles. The highest BCUT2D eigenvalue weighted by Gasteiger charge is 2.16. The maximum Gasteiger partial charge on any atom is 0.359 e. The van der Waals surface area contributed by atoms with Crippen molar-refractivity contribution in [2.75, 3.05) is 0 Å². The summed E-state index contributed by atoms with van der Waals surface area (Å²) in [6, 6.07) is 23.4. The summed E-state index contributed by atoms with van der Waals surface area (Å²) >= 11 is 0. The first kappa shape index (κ1) is 17.5. The van der Waals surface area contributed by atoms with Gasteiger partial charge in [0.05, 0.1) is 5.39 Å². The summed E-state index contributed by atoms with van der Waals surface area (Å²) < 4.78 is 11.3. The number of fused-ring (bicyclic) bond motifs is 1. The maximum atomic E-state index is 12.6. The zero-order valence-electron chi connectivity index (χ0n) is 14.8. The maximum absolute atomic E-state index is 12.6. The number of carbonyl (C=O) groups is 1. The predicted molar refractivity (Wildman–Crippen MR) is 104 cm³/mol. The Bertz CT molecular complexity index is 1190. The molecule has 0 spiro atoms. The Morgan fingerprint density at radius 2 is 1.54 bits per heavy atom. The van der Waals surface area contributed by atoms with Crippen molar-refractivity contribution in [2.45, 2.75) is 6.61 Å². The van der Waals surface area contributed by atoms with Gasteiger partial charge in [-0.1, -0.05) is 54.6 Å². The third-order valence-corrected chi connectivity index (χ3v) is 4.19. The lowest BCUT2D eigenvalue weighted by Gasteiger charge is -2.11. The molecule has 0 aliphatic heterocycles. The normalized spacial score (nSPS) is 10.6. The number of benzene rings is 3. The molecule has 0 saturated heterocycles. The third-order valence-electron chi connectivity index (χ3n) is 4.19. The number of hydrogen-bond acceptors (Lipinski definition) is 5. The number of ether oxygens (including phenoxy) is 2. The van der Waals surface area contributed by atoms with Crippen molar-refractivity contribution in [3.05, 3.63) is 100 Å². The van der Waals surface area contributed by atoms with Crippen LogP contribution >= 0.6 is 0 Å². The second-order valence-electron chi connectivity index (χ2n) is 6.05. The smallest absolute Gasteiger partial charge is 0.359 e. The molecule has 1 aromatic heterocycles. The summed E-state index contributed by atoms with van der Waals surface area (Å²) in [5.41, 5.74) is 0.429. The molecule has 28 heavy (non-hydrogen) atoms. The zero-order chi connectivity index (χ0) is 19.3. The third kappa shape index (κ3) is 3.61. The van der Waals surface area contributed by atoms with Gasteiger partial charge in [0.25, 0.3) is 5.56 Å². The van der Waals surface area contributed by atoms with E-state index in [4.69, 9.17) is 9.47 Å². The minimum Gasteiger partial charge on any atom is -0.457 e. The fraction of sp³-hybridized carbons (Fsp3) is 0.0455. The minimum atomic E-state index is -0.623. The average molecular weight is 372 g/mol. The van der Waals surface area contributed by atoms with Gasteiger partial charge in [0.15, 0.2) is 5.69 Å². The molecule has 0 saturated carbocycles. The number of para-hydroxylation sites is 2. The Morgan fingerprint density at radius 1 is 0.857 bits per heavy atom. The summed E-state index contributed by atoms with van der Waals surface area (Å²) in [7, 11) is 0. The molecule has 0 aliphatic carbocycles. The molecule has 4 rings (SSSR count). The van der Waals surface area contributed by atoms with Gasteiger partial charge in [-0.15, -0.1) is 0 Å². The lowest BCUT2D eigenvalue weighted by atomic mass is 10.1. The zero-order valence-corrected chi connectivity index (χ0v) is 14.8. The van der Waals surface area contributed by atoms with E-state index in [0.29, 0.717) is 27.8 Å². The number of esters is 1. The minimum absolute atomic E-state index is 0.0109. The lowest BCUT2D eigenvalue weighted by Crippen LogP contribution is -2.16. The number of carbonyl (C=O) groups excluding carboxylic acids is 1. The molecule has 0 amide bonds. The van der Waals surface area contributed by atoms with Gasteiger partial charge in [0, 0.05) is 10.9 Å². The quantitative estimate of drug-likeness (QED) is 0.534. The second kappa shape index (κ2) is 7.75. The number of rotatable bonds is 5. The largest absolute Gasteiger partial charge is 0.457 e. The molecule has 0 radical (unpaired) electrons. The monoisotopic (exact) mass is 372 g/mol. The Morgan fingerprint density at radius 3 is 2.36 bits per heavy atom. The first-order valence-electron chi connectivity index (χ1n) is 8.68. The van der Waals surface area contributed by atoms with Gasteiger partial charge in [0.2, 0.25) is 0 Å². The molecule has 0 bridgehead atoms. The van der Waals surface area contributed by atoms with Crippen molar-refractivity contribution in [2.24, 2.45) is 0 Å². The van der Waals surface area contributed by atoms with E-state index < -0.39 is 5.97 Å². The molecule has 6 nitrogen and oxygen atoms in total. The lowest BCUT2D eigenvalue weighted by molar-refractivity contribution is 0.0465. The molecule has 0 aliphatic rings. The number of H-pyrrole nitrogens is 1. The molecule has 0 atom stereocenters. The Labute approximate surface area is 160 Å². The van der Waals surface area contributed by atoms with Crippen LogP contribution in [0, 0.1) is 0 Å². The van der Waals surface area contributed by atoms with E-state index in [1.807, 2.05) is 54.6 Å². The van der Waals surface area contributed by atoms with Crippen LogP contribution in [0.2, 0.25) is 0 Å². The first-order chi connectivity index (χ1) is 13.7. The summed E-state index contributed by atoms with van der Waals surface area (Å²) in [5.74, 6) is 0.664. The van der Waals surface area contributed by atoms with Gasteiger partial charge in [-0.05, 0) is 24.3 Å². The fourth-order valence-electron chi connectivity index (χ4n) is 2.82. The van der Waals surface area contributed by atoms with Crippen molar-refractivity contribution >= 4 is 16.7 Å². The summed E-state index contributed by atoms with van der Waals surface area (Å²) in [4.78, 5) is 24.4. The number of hydrogen-bond donors (Lipinski definition) is 1. The molecule has 6 heteroatoms. The van der Waals surface area contributed by atoms with Crippen LogP contribution < -0.4 is 10.3 Å². The molecule has 138 valence electrons. The molecule has 1 N–H and O–H groups in total. The van der Waals surface area contributed by atoms with E-state index in [2.05, 4.69) is 10.2 Å². The van der Waals surface area contributed by atoms with Crippen molar-refractivity contribution in [3.8, 4) is 11.5 Å². The van der Waals surface area contributed by atoms with E-state index in [1.54, 1.807) is 24.3 Å². The van der Waals surface area contributed by atoms with Crippen LogP contribution in [0.5, 0.6) is 11.5 Å². The number of aromatic nitrogens is 2. The van der Waals surface area contributed by atoms with Gasteiger partial charge in [-0.3, -0.25) is 4.79 Å².